The van der Waals surface area contributed by atoms with Gasteiger partial charge in [-0.15, -0.1) is 0 Å². The topological polar surface area (TPSA) is 26.0 Å². The highest BCUT2D eigenvalue weighted by atomic mass is 14.5. The highest BCUT2D eigenvalue weighted by Crippen LogP contribution is 2.30. The quantitative estimate of drug-likeness (QED) is 0.578. The number of hydrogen-bond donors (Lipinski definition) is 1. The van der Waals surface area contributed by atoms with Gasteiger partial charge in [0.2, 0.25) is 0 Å². The molecule has 11 heavy (non-hydrogen) atoms. The molecule has 0 radical (unpaired) electrons. The zero-order valence-electron chi connectivity index (χ0n) is 7.84. The Hall–Kier alpha value is -0.0400. The zero-order chi connectivity index (χ0) is 8.27. The van der Waals surface area contributed by atoms with Crippen molar-refractivity contribution >= 4 is 0 Å². The van der Waals surface area contributed by atoms with Crippen molar-refractivity contribution in [1.29, 1.82) is 0 Å². The van der Waals surface area contributed by atoms with Gasteiger partial charge in [-0.1, -0.05) is 26.7 Å². The van der Waals surface area contributed by atoms with Crippen molar-refractivity contribution in [3.8, 4) is 0 Å². The Morgan fingerprint density at radius 3 is 1.91 bits per heavy atom. The summed E-state index contributed by atoms with van der Waals surface area (Å²) in [7, 11) is 0. The summed E-state index contributed by atoms with van der Waals surface area (Å²) in [5.41, 5.74) is 5.70. The maximum Gasteiger partial charge on any atom is -0.00487 e. The fourth-order valence-electron chi connectivity index (χ4n) is 2.23. The van der Waals surface area contributed by atoms with Gasteiger partial charge >= 0.3 is 0 Å². The molecule has 1 heteroatoms. The molecule has 66 valence electrons. The highest BCUT2D eigenvalue weighted by molar-refractivity contribution is 4.72. The largest absolute Gasteiger partial charge is 0.330 e. The van der Waals surface area contributed by atoms with Crippen molar-refractivity contribution < 1.29 is 0 Å². The van der Waals surface area contributed by atoms with Crippen LogP contribution >= 0.6 is 0 Å². The lowest BCUT2D eigenvalue weighted by atomic mass is 9.93. The van der Waals surface area contributed by atoms with E-state index in [-0.39, 0.29) is 0 Å². The lowest BCUT2D eigenvalue weighted by molar-refractivity contribution is 0.383. The van der Waals surface area contributed by atoms with E-state index in [0.717, 1.165) is 24.3 Å². The van der Waals surface area contributed by atoms with Gasteiger partial charge in [-0.05, 0) is 37.1 Å². The molecular weight excluding hydrogens is 134 g/mol. The van der Waals surface area contributed by atoms with E-state index in [2.05, 4.69) is 13.8 Å². The summed E-state index contributed by atoms with van der Waals surface area (Å²) in [5, 5.41) is 0. The molecule has 0 aliphatic heterocycles. The van der Waals surface area contributed by atoms with Gasteiger partial charge in [0.15, 0.2) is 0 Å². The van der Waals surface area contributed by atoms with Gasteiger partial charge in [0.05, 0.1) is 0 Å². The van der Waals surface area contributed by atoms with E-state index in [4.69, 9.17) is 5.73 Å². The molecule has 0 amide bonds. The average Bonchev–Trinajstić information content (AvgIpc) is 2.13. The molecule has 0 saturated heterocycles. The molecule has 1 aliphatic rings. The molecule has 1 nitrogen and oxygen atoms in total. The van der Waals surface area contributed by atoms with E-state index >= 15 is 0 Å². The summed E-state index contributed by atoms with van der Waals surface area (Å²) in [5.74, 6) is 2.63. The van der Waals surface area contributed by atoms with Gasteiger partial charge in [-0.25, -0.2) is 0 Å². The SMILES string of the molecule is CC1CCC(C)CC(CN)C1. The Morgan fingerprint density at radius 1 is 1.09 bits per heavy atom. The van der Waals surface area contributed by atoms with E-state index in [1.54, 1.807) is 0 Å². The van der Waals surface area contributed by atoms with Gasteiger partial charge in [0.25, 0.3) is 0 Å². The van der Waals surface area contributed by atoms with Crippen molar-refractivity contribution in [2.45, 2.75) is 39.5 Å². The summed E-state index contributed by atoms with van der Waals surface area (Å²) in [6.45, 7) is 5.62. The second kappa shape index (κ2) is 4.10. The summed E-state index contributed by atoms with van der Waals surface area (Å²) in [4.78, 5) is 0. The minimum atomic E-state index is 0.808. The van der Waals surface area contributed by atoms with E-state index < -0.39 is 0 Å². The molecule has 0 aromatic carbocycles. The van der Waals surface area contributed by atoms with Crippen LogP contribution in [0.4, 0.5) is 0 Å². The van der Waals surface area contributed by atoms with Crippen LogP contribution in [-0.2, 0) is 0 Å². The van der Waals surface area contributed by atoms with Gasteiger partial charge in [0.1, 0.15) is 0 Å². The van der Waals surface area contributed by atoms with E-state index in [0.29, 0.717) is 0 Å². The van der Waals surface area contributed by atoms with Crippen LogP contribution in [-0.4, -0.2) is 6.54 Å². The third kappa shape index (κ3) is 2.82. The number of rotatable bonds is 1. The second-order valence-electron chi connectivity index (χ2n) is 4.36. The Labute approximate surface area is 70.4 Å². The molecule has 0 bridgehead atoms. The van der Waals surface area contributed by atoms with Gasteiger partial charge in [0, 0.05) is 0 Å². The summed E-state index contributed by atoms with van der Waals surface area (Å²) in [6.07, 6.45) is 5.55. The van der Waals surface area contributed by atoms with E-state index in [9.17, 15) is 0 Å². The lowest BCUT2D eigenvalue weighted by Gasteiger charge is -2.15. The fraction of sp³-hybridized carbons (Fsp3) is 1.00. The van der Waals surface area contributed by atoms with Crippen molar-refractivity contribution in [3.63, 3.8) is 0 Å². The van der Waals surface area contributed by atoms with Gasteiger partial charge in [-0.3, -0.25) is 0 Å². The fourth-order valence-corrected chi connectivity index (χ4v) is 2.23. The van der Waals surface area contributed by atoms with Crippen molar-refractivity contribution in [1.82, 2.24) is 0 Å². The molecule has 2 N–H and O–H groups in total. The first-order valence-corrected chi connectivity index (χ1v) is 4.92. The number of nitrogens with two attached hydrogens (primary N) is 1. The molecule has 1 rings (SSSR count). The van der Waals surface area contributed by atoms with Crippen LogP contribution in [0.25, 0.3) is 0 Å². The minimum absolute atomic E-state index is 0.808. The molecule has 0 aromatic rings. The van der Waals surface area contributed by atoms with Gasteiger partial charge in [-0.2, -0.15) is 0 Å². The molecule has 0 aromatic heterocycles. The zero-order valence-corrected chi connectivity index (χ0v) is 7.84. The highest BCUT2D eigenvalue weighted by Gasteiger charge is 2.19. The van der Waals surface area contributed by atoms with Crippen molar-refractivity contribution in [3.05, 3.63) is 0 Å². The van der Waals surface area contributed by atoms with E-state index in [1.165, 1.54) is 25.7 Å². The predicted octanol–water partition coefficient (Wildman–Crippen LogP) is 2.41. The first kappa shape index (κ1) is 9.05. The smallest absolute Gasteiger partial charge is 0.00487 e. The Morgan fingerprint density at radius 2 is 1.55 bits per heavy atom. The molecule has 1 fully saturated rings. The lowest BCUT2D eigenvalue weighted by Crippen LogP contribution is -2.16. The summed E-state index contributed by atoms with van der Waals surface area (Å²) < 4.78 is 0. The first-order chi connectivity index (χ1) is 5.22. The average molecular weight is 155 g/mol. The standard InChI is InChI=1S/C10H21N/c1-8-3-4-9(2)6-10(5-8)7-11/h8-10H,3-7,11H2,1-2H3. The molecule has 2 unspecified atom stereocenters. The third-order valence-corrected chi connectivity index (χ3v) is 2.96. The third-order valence-electron chi connectivity index (χ3n) is 2.96. The minimum Gasteiger partial charge on any atom is -0.330 e. The summed E-state index contributed by atoms with van der Waals surface area (Å²) >= 11 is 0. The molecule has 2 atom stereocenters. The van der Waals surface area contributed by atoms with Crippen LogP contribution in [0.15, 0.2) is 0 Å². The Bertz CT molecular complexity index is 99.4. The van der Waals surface area contributed by atoms with Crippen LogP contribution in [0, 0.1) is 17.8 Å². The summed E-state index contributed by atoms with van der Waals surface area (Å²) in [6, 6.07) is 0. The monoisotopic (exact) mass is 155 g/mol. The Kier molecular flexibility index (Phi) is 3.38. The molecule has 1 aliphatic carbocycles. The van der Waals surface area contributed by atoms with Crippen LogP contribution < -0.4 is 5.73 Å². The van der Waals surface area contributed by atoms with Crippen LogP contribution in [0.5, 0.6) is 0 Å². The van der Waals surface area contributed by atoms with Crippen LogP contribution in [0.2, 0.25) is 0 Å². The molecular formula is C10H21N. The first-order valence-electron chi connectivity index (χ1n) is 4.92. The maximum atomic E-state index is 5.70. The van der Waals surface area contributed by atoms with E-state index in [1.807, 2.05) is 0 Å². The van der Waals surface area contributed by atoms with Crippen LogP contribution in [0.3, 0.4) is 0 Å². The van der Waals surface area contributed by atoms with Gasteiger partial charge < -0.3 is 5.73 Å². The number of hydrogen-bond acceptors (Lipinski definition) is 1. The van der Waals surface area contributed by atoms with Crippen LogP contribution in [0.1, 0.15) is 39.5 Å². The molecule has 1 saturated carbocycles. The Balaban J connectivity index is 2.41. The van der Waals surface area contributed by atoms with Crippen molar-refractivity contribution in [2.24, 2.45) is 23.5 Å². The predicted molar refractivity (Wildman–Crippen MR) is 49.3 cm³/mol. The second-order valence-corrected chi connectivity index (χ2v) is 4.36. The molecule has 0 spiro atoms. The maximum absolute atomic E-state index is 5.70. The molecule has 0 heterocycles. The van der Waals surface area contributed by atoms with Crippen molar-refractivity contribution in [2.75, 3.05) is 6.54 Å². The normalized spacial score (nSPS) is 40.1.